The van der Waals surface area contributed by atoms with E-state index in [1.165, 1.54) is 10.8 Å². The van der Waals surface area contributed by atoms with E-state index >= 15 is 0 Å². The molecule has 0 aliphatic rings. The van der Waals surface area contributed by atoms with Crippen LogP contribution in [0.1, 0.15) is 5.56 Å². The summed E-state index contributed by atoms with van der Waals surface area (Å²) >= 11 is 0. The second kappa shape index (κ2) is 6.01. The van der Waals surface area contributed by atoms with Crippen LogP contribution in [0.2, 0.25) is 0 Å². The molecule has 0 amide bonds. The first-order valence-electron chi connectivity index (χ1n) is 4.46. The van der Waals surface area contributed by atoms with E-state index in [9.17, 15) is 5.11 Å². The molecule has 66 valence electrons. The molecule has 0 N–H and O–H groups in total. The minimum Gasteiger partial charge on any atom is -0.854 e. The molecule has 0 heterocycles. The van der Waals surface area contributed by atoms with Gasteiger partial charge < -0.3 is 5.11 Å². The van der Waals surface area contributed by atoms with Gasteiger partial charge in [-0.1, -0.05) is 42.5 Å². The first-order valence-corrected chi connectivity index (χ1v) is 4.46. The number of hydrogen-bond acceptors (Lipinski definition) is 1. The van der Waals surface area contributed by atoms with Crippen LogP contribution in [0.4, 0.5) is 0 Å². The first-order chi connectivity index (χ1) is 6.42. The zero-order chi connectivity index (χ0) is 9.10. The molecule has 0 aliphatic heterocycles. The van der Waals surface area contributed by atoms with Crippen molar-refractivity contribution in [1.82, 2.24) is 0 Å². The average molecular weight is 210 g/mol. The molecular weight excluding hydrogens is 199 g/mol. The Morgan fingerprint density at radius 1 is 0.929 bits per heavy atom. The molecule has 0 atom stereocenters. The second-order valence-electron chi connectivity index (χ2n) is 3.09. The molecule has 0 spiro atoms. The Labute approximate surface area is 127 Å². The second-order valence-corrected chi connectivity index (χ2v) is 3.09. The van der Waals surface area contributed by atoms with Gasteiger partial charge in [0.1, 0.15) is 0 Å². The molecule has 0 bridgehead atoms. The van der Waals surface area contributed by atoms with E-state index in [0.717, 1.165) is 5.56 Å². The van der Waals surface area contributed by atoms with Crippen molar-refractivity contribution < 1.29 is 56.5 Å². The van der Waals surface area contributed by atoms with Crippen LogP contribution in [0.3, 0.4) is 0 Å². The maximum atomic E-state index is 10.5. The predicted octanol–water partition coefficient (Wildman–Crippen LogP) is -1.25. The molecule has 2 aromatic carbocycles. The van der Waals surface area contributed by atoms with Crippen molar-refractivity contribution in [2.45, 2.75) is 6.42 Å². The third kappa shape index (κ3) is 2.66. The van der Waals surface area contributed by atoms with E-state index in [1.54, 1.807) is 0 Å². The van der Waals surface area contributed by atoms with Gasteiger partial charge in [0.05, 0.1) is 0 Å². The molecule has 2 heteroatoms. The fourth-order valence-corrected chi connectivity index (χ4v) is 1.62. The maximum Gasteiger partial charge on any atom is 1.00 e. The zero-order valence-electron chi connectivity index (χ0n) is 8.36. The molecule has 2 aromatic rings. The molecule has 0 aliphatic carbocycles. The van der Waals surface area contributed by atoms with Gasteiger partial charge in [0.2, 0.25) is 0 Å². The number of benzene rings is 2. The third-order valence-electron chi connectivity index (χ3n) is 2.25. The van der Waals surface area contributed by atoms with E-state index in [-0.39, 0.29) is 58.0 Å². The van der Waals surface area contributed by atoms with Crippen molar-refractivity contribution in [2.75, 3.05) is 6.61 Å². The average Bonchev–Trinajstić information content (AvgIpc) is 2.19. The van der Waals surface area contributed by atoms with Crippen molar-refractivity contribution in [2.24, 2.45) is 0 Å². The molecular formula is C12H11KO. The normalized spacial score (nSPS) is 9.79. The van der Waals surface area contributed by atoms with Gasteiger partial charge in [0.25, 0.3) is 0 Å². The summed E-state index contributed by atoms with van der Waals surface area (Å²) in [7, 11) is 0. The van der Waals surface area contributed by atoms with Crippen LogP contribution in [-0.2, 0) is 6.42 Å². The van der Waals surface area contributed by atoms with Crippen LogP contribution in [0.25, 0.3) is 10.8 Å². The standard InChI is InChI=1S/C12H11O.K/c13-9-8-11-6-3-5-10-4-1-2-7-12(10)11;/h1-7H,8-9H2;/q-1;+1. The minimum atomic E-state index is -0.0337. The number of fused-ring (bicyclic) bond motifs is 1. The molecule has 0 saturated carbocycles. The number of rotatable bonds is 2. The third-order valence-corrected chi connectivity index (χ3v) is 2.25. The Kier molecular flexibility index (Phi) is 5.30. The van der Waals surface area contributed by atoms with Crippen molar-refractivity contribution in [3.63, 3.8) is 0 Å². The van der Waals surface area contributed by atoms with Gasteiger partial charge in [-0.15, -0.1) is 6.61 Å². The fraction of sp³-hybridized carbons (Fsp3) is 0.167. The molecule has 0 radical (unpaired) electrons. The zero-order valence-corrected chi connectivity index (χ0v) is 11.5. The summed E-state index contributed by atoms with van der Waals surface area (Å²) in [6, 6.07) is 14.3. The van der Waals surface area contributed by atoms with Crippen molar-refractivity contribution in [3.05, 3.63) is 48.0 Å². The summed E-state index contributed by atoms with van der Waals surface area (Å²) in [6.07, 6.45) is 0.626. The van der Waals surface area contributed by atoms with E-state index in [2.05, 4.69) is 18.2 Å². The first kappa shape index (κ1) is 12.4. The Bertz CT molecular complexity index is 406. The van der Waals surface area contributed by atoms with Gasteiger partial charge in [-0.05, 0) is 22.8 Å². The quantitative estimate of drug-likeness (QED) is 0.568. The molecule has 0 aromatic heterocycles. The Hall–Kier alpha value is 0.296. The summed E-state index contributed by atoms with van der Waals surface area (Å²) in [5, 5.41) is 13.0. The van der Waals surface area contributed by atoms with E-state index in [4.69, 9.17) is 0 Å². The minimum absolute atomic E-state index is 0. The van der Waals surface area contributed by atoms with Gasteiger partial charge in [-0.25, -0.2) is 0 Å². The SMILES string of the molecule is [K+].[O-]CCc1cccc2ccccc12. The van der Waals surface area contributed by atoms with Gasteiger partial charge in [0.15, 0.2) is 0 Å². The predicted molar refractivity (Wildman–Crippen MR) is 52.5 cm³/mol. The van der Waals surface area contributed by atoms with Crippen molar-refractivity contribution in [1.29, 1.82) is 0 Å². The van der Waals surface area contributed by atoms with Crippen LogP contribution in [-0.4, -0.2) is 6.61 Å². The monoisotopic (exact) mass is 210 g/mol. The van der Waals surface area contributed by atoms with Gasteiger partial charge in [-0.3, -0.25) is 0 Å². The van der Waals surface area contributed by atoms with Crippen molar-refractivity contribution >= 4 is 10.8 Å². The Morgan fingerprint density at radius 2 is 1.64 bits per heavy atom. The summed E-state index contributed by atoms with van der Waals surface area (Å²) in [5.74, 6) is 0. The molecule has 2 rings (SSSR count). The van der Waals surface area contributed by atoms with Gasteiger partial charge >= 0.3 is 51.4 Å². The topological polar surface area (TPSA) is 23.1 Å². The fourth-order valence-electron chi connectivity index (χ4n) is 1.62. The van der Waals surface area contributed by atoms with Crippen LogP contribution >= 0.6 is 0 Å². The van der Waals surface area contributed by atoms with Gasteiger partial charge in [-0.2, -0.15) is 0 Å². The molecule has 0 fully saturated rings. The van der Waals surface area contributed by atoms with Crippen LogP contribution in [0, 0.1) is 0 Å². The molecule has 0 saturated heterocycles. The largest absolute Gasteiger partial charge is 1.00 e. The summed E-state index contributed by atoms with van der Waals surface area (Å²) in [5.41, 5.74) is 1.16. The van der Waals surface area contributed by atoms with Gasteiger partial charge in [0, 0.05) is 0 Å². The van der Waals surface area contributed by atoms with E-state index in [1.807, 2.05) is 24.3 Å². The Balaban J connectivity index is 0.000000980. The smallest absolute Gasteiger partial charge is 0.854 e. The van der Waals surface area contributed by atoms with E-state index < -0.39 is 0 Å². The number of hydrogen-bond donors (Lipinski definition) is 0. The Morgan fingerprint density at radius 3 is 2.43 bits per heavy atom. The summed E-state index contributed by atoms with van der Waals surface area (Å²) in [6.45, 7) is -0.0337. The summed E-state index contributed by atoms with van der Waals surface area (Å²) in [4.78, 5) is 0. The van der Waals surface area contributed by atoms with Crippen molar-refractivity contribution in [3.8, 4) is 0 Å². The molecule has 1 nitrogen and oxygen atoms in total. The molecule has 0 unspecified atom stereocenters. The summed E-state index contributed by atoms with van der Waals surface area (Å²) < 4.78 is 0. The van der Waals surface area contributed by atoms with Crippen LogP contribution < -0.4 is 56.5 Å². The van der Waals surface area contributed by atoms with Crippen LogP contribution in [0.5, 0.6) is 0 Å². The van der Waals surface area contributed by atoms with Crippen LogP contribution in [0.15, 0.2) is 42.5 Å². The van der Waals surface area contributed by atoms with E-state index in [0.29, 0.717) is 6.42 Å². The molecule has 14 heavy (non-hydrogen) atoms. The maximum absolute atomic E-state index is 10.5.